The third kappa shape index (κ3) is 9.40. The van der Waals surface area contributed by atoms with E-state index in [1.54, 1.807) is 12.1 Å². The van der Waals surface area contributed by atoms with Crippen molar-refractivity contribution in [2.75, 3.05) is 30.9 Å². The Kier molecular flexibility index (Phi) is 10.5. The van der Waals surface area contributed by atoms with Gasteiger partial charge in [0.1, 0.15) is 6.04 Å². The number of nitrogens with zero attached hydrogens (tertiary/aromatic N) is 3. The third-order valence-corrected chi connectivity index (χ3v) is 6.84. The molecule has 2 aromatic carbocycles. The molecular formula is C28H27ClF3N7O7. The van der Waals surface area contributed by atoms with Crippen LogP contribution in [0.3, 0.4) is 0 Å². The number of hydrogen-bond donors (Lipinski definition) is 5. The van der Waals surface area contributed by atoms with Gasteiger partial charge >= 0.3 is 30.0 Å². The largest absolute Gasteiger partial charge is 0.474 e. The highest BCUT2D eigenvalue weighted by atomic mass is 35.5. The Hall–Kier alpha value is -5.19. The molecule has 1 heterocycles. The maximum atomic E-state index is 12.9. The van der Waals surface area contributed by atoms with E-state index in [2.05, 4.69) is 41.0 Å². The van der Waals surface area contributed by atoms with Gasteiger partial charge in [0.05, 0.1) is 12.6 Å². The normalized spacial score (nSPS) is 13.9. The van der Waals surface area contributed by atoms with Crippen molar-refractivity contribution < 1.29 is 46.9 Å². The maximum absolute atomic E-state index is 12.9. The number of alkyl halides is 3. The Morgan fingerprint density at radius 1 is 1.00 bits per heavy atom. The lowest BCUT2D eigenvalue weighted by Crippen LogP contribution is -2.44. The molecule has 244 valence electrons. The first-order valence-corrected chi connectivity index (χ1v) is 13.9. The lowest BCUT2D eigenvalue weighted by atomic mass is 10.1. The number of esters is 1. The topological polar surface area (TPSA) is 194 Å². The summed E-state index contributed by atoms with van der Waals surface area (Å²) in [6.45, 7) is -1.85. The lowest BCUT2D eigenvalue weighted by molar-refractivity contribution is -0.154. The Balaban J connectivity index is 1.47. The summed E-state index contributed by atoms with van der Waals surface area (Å²) < 4.78 is 48.0. The number of anilines is 3. The van der Waals surface area contributed by atoms with Gasteiger partial charge in [0.2, 0.25) is 11.9 Å². The number of ether oxygens (including phenoxy) is 2. The Labute approximate surface area is 264 Å². The van der Waals surface area contributed by atoms with Crippen molar-refractivity contribution >= 4 is 52.9 Å². The maximum Gasteiger partial charge on any atom is 0.422 e. The molecule has 1 aliphatic rings. The average molecular weight is 666 g/mol. The molecule has 4 rings (SSSR count). The SMILES string of the molecule is COC(=O)[C@H](CCNC(=O)C(=O)O)NC(=O)c1ccc(Nc2nc(NC3(c4ccc(Cl)cc4)CC3)nc(OCC(F)(F)F)n2)cc1. The number of methoxy groups -OCH3 is 1. The van der Waals surface area contributed by atoms with Crippen molar-refractivity contribution in [3.05, 3.63) is 64.7 Å². The fraction of sp³-hybridized carbons (Fsp3) is 0.321. The van der Waals surface area contributed by atoms with Gasteiger partial charge in [-0.15, -0.1) is 0 Å². The van der Waals surface area contributed by atoms with Crippen LogP contribution in [0.5, 0.6) is 6.01 Å². The molecule has 14 nitrogen and oxygen atoms in total. The highest BCUT2D eigenvalue weighted by Gasteiger charge is 2.45. The van der Waals surface area contributed by atoms with E-state index in [0.717, 1.165) is 12.7 Å². The fourth-order valence-corrected chi connectivity index (χ4v) is 4.27. The standard InChI is InChI=1S/C28H27ClF3N7O7/c1-45-23(44)19(10-13-33-21(41)22(42)43)35-20(40)15-2-8-18(9-3-15)34-24-36-25(38-26(37-24)46-14-28(30,31)32)39-27(11-12-27)16-4-6-17(29)7-5-16/h2-9,19H,10-14H2,1H3,(H,33,41)(H,35,40)(H,42,43)(H2,34,36,37,38,39)/t19-/m0/s1. The number of amides is 2. The predicted octanol–water partition coefficient (Wildman–Crippen LogP) is 3.17. The van der Waals surface area contributed by atoms with Crippen molar-refractivity contribution in [3.63, 3.8) is 0 Å². The van der Waals surface area contributed by atoms with Crippen LogP contribution >= 0.6 is 11.6 Å². The minimum Gasteiger partial charge on any atom is -0.474 e. The highest BCUT2D eigenvalue weighted by molar-refractivity contribution is 6.31. The van der Waals surface area contributed by atoms with E-state index in [-0.39, 0.29) is 30.4 Å². The molecule has 5 N–H and O–H groups in total. The Morgan fingerprint density at radius 3 is 2.24 bits per heavy atom. The minimum absolute atomic E-state index is 0.0356. The van der Waals surface area contributed by atoms with Crippen molar-refractivity contribution in [3.8, 4) is 6.01 Å². The average Bonchev–Trinajstić information content (AvgIpc) is 3.79. The Morgan fingerprint density at radius 2 is 1.65 bits per heavy atom. The van der Waals surface area contributed by atoms with E-state index in [1.165, 1.54) is 24.3 Å². The van der Waals surface area contributed by atoms with Crippen molar-refractivity contribution in [2.24, 2.45) is 0 Å². The van der Waals surface area contributed by atoms with Gasteiger partial charge in [-0.25, -0.2) is 9.59 Å². The van der Waals surface area contributed by atoms with Gasteiger partial charge < -0.3 is 35.8 Å². The number of rotatable bonds is 13. The van der Waals surface area contributed by atoms with E-state index in [9.17, 15) is 32.3 Å². The molecule has 0 spiro atoms. The zero-order valence-corrected chi connectivity index (χ0v) is 24.7. The van der Waals surface area contributed by atoms with Crippen LogP contribution < -0.4 is 26.0 Å². The quantitative estimate of drug-likeness (QED) is 0.132. The summed E-state index contributed by atoms with van der Waals surface area (Å²) in [5, 5.41) is 19.7. The second kappa shape index (κ2) is 14.3. The van der Waals surface area contributed by atoms with E-state index in [0.29, 0.717) is 23.6 Å². The van der Waals surface area contributed by atoms with Crippen LogP contribution in [-0.4, -0.2) is 76.3 Å². The molecule has 1 fully saturated rings. The summed E-state index contributed by atoms with van der Waals surface area (Å²) in [5.74, 6) is -4.65. The van der Waals surface area contributed by atoms with Gasteiger partial charge in [-0.05, 0) is 61.2 Å². The van der Waals surface area contributed by atoms with Crippen LogP contribution in [-0.2, 0) is 24.7 Å². The monoisotopic (exact) mass is 665 g/mol. The van der Waals surface area contributed by atoms with Gasteiger partial charge in [0.15, 0.2) is 6.61 Å². The zero-order chi connectivity index (χ0) is 33.5. The molecule has 46 heavy (non-hydrogen) atoms. The molecular weight excluding hydrogens is 639 g/mol. The number of carbonyl (C=O) groups is 4. The molecule has 3 aromatic rings. The van der Waals surface area contributed by atoms with Crippen LogP contribution in [0.1, 0.15) is 35.2 Å². The molecule has 0 aliphatic heterocycles. The minimum atomic E-state index is -4.63. The summed E-state index contributed by atoms with van der Waals surface area (Å²) in [6, 6.07) is 11.0. The van der Waals surface area contributed by atoms with Crippen LogP contribution in [0, 0.1) is 0 Å². The highest BCUT2D eigenvalue weighted by Crippen LogP contribution is 2.48. The molecule has 2 amide bonds. The number of halogens is 4. The number of carbonyl (C=O) groups excluding carboxylic acids is 3. The predicted molar refractivity (Wildman–Crippen MR) is 156 cm³/mol. The number of aliphatic carboxylic acids is 1. The summed E-state index contributed by atoms with van der Waals surface area (Å²) in [4.78, 5) is 59.0. The third-order valence-electron chi connectivity index (χ3n) is 6.58. The van der Waals surface area contributed by atoms with Gasteiger partial charge in [-0.2, -0.15) is 28.1 Å². The van der Waals surface area contributed by atoms with Crippen LogP contribution in [0.25, 0.3) is 0 Å². The summed E-state index contributed by atoms with van der Waals surface area (Å²) in [6.07, 6.45) is -3.37. The molecule has 18 heteroatoms. The molecule has 0 unspecified atom stereocenters. The van der Waals surface area contributed by atoms with E-state index in [1.807, 2.05) is 12.1 Å². The van der Waals surface area contributed by atoms with Gasteiger partial charge in [-0.3, -0.25) is 9.59 Å². The van der Waals surface area contributed by atoms with E-state index >= 15 is 0 Å². The lowest BCUT2D eigenvalue weighted by Gasteiger charge is -2.19. The first-order chi connectivity index (χ1) is 21.8. The fourth-order valence-electron chi connectivity index (χ4n) is 4.15. The second-order valence-electron chi connectivity index (χ2n) is 9.98. The van der Waals surface area contributed by atoms with Crippen molar-refractivity contribution in [1.29, 1.82) is 0 Å². The smallest absolute Gasteiger partial charge is 0.422 e. The number of benzene rings is 2. The van der Waals surface area contributed by atoms with E-state index in [4.69, 9.17) is 21.4 Å². The summed E-state index contributed by atoms with van der Waals surface area (Å²) in [7, 11) is 1.10. The van der Waals surface area contributed by atoms with Gasteiger partial charge in [0.25, 0.3) is 5.91 Å². The molecule has 1 aliphatic carbocycles. The molecule has 1 atom stereocenters. The molecule has 1 saturated carbocycles. The van der Waals surface area contributed by atoms with Gasteiger partial charge in [0, 0.05) is 22.8 Å². The van der Waals surface area contributed by atoms with Crippen LogP contribution in [0.4, 0.5) is 30.8 Å². The number of nitrogens with one attached hydrogen (secondary N) is 4. The first-order valence-electron chi connectivity index (χ1n) is 13.5. The first kappa shape index (κ1) is 33.7. The zero-order valence-electron chi connectivity index (χ0n) is 24.0. The molecule has 0 saturated heterocycles. The summed E-state index contributed by atoms with van der Waals surface area (Å²) in [5.41, 5.74) is 0.789. The molecule has 0 radical (unpaired) electrons. The number of carboxylic acid groups (broad SMARTS) is 1. The molecule has 1 aromatic heterocycles. The summed E-state index contributed by atoms with van der Waals surface area (Å²) >= 11 is 6.00. The number of hydrogen-bond acceptors (Lipinski definition) is 11. The molecule has 0 bridgehead atoms. The van der Waals surface area contributed by atoms with Crippen molar-refractivity contribution in [2.45, 2.75) is 37.0 Å². The van der Waals surface area contributed by atoms with Crippen LogP contribution in [0.15, 0.2) is 48.5 Å². The van der Waals surface area contributed by atoms with Crippen LogP contribution in [0.2, 0.25) is 5.02 Å². The van der Waals surface area contributed by atoms with Gasteiger partial charge in [-0.1, -0.05) is 23.7 Å². The number of carboxylic acids is 1. The Bertz CT molecular complexity index is 1590. The number of aromatic nitrogens is 3. The second-order valence-corrected chi connectivity index (χ2v) is 10.4. The van der Waals surface area contributed by atoms with E-state index < -0.39 is 54.1 Å². The van der Waals surface area contributed by atoms with Crippen molar-refractivity contribution in [1.82, 2.24) is 25.6 Å².